The molecule has 0 spiro atoms. The molecule has 0 fully saturated rings. The van der Waals surface area contributed by atoms with Crippen molar-refractivity contribution in [1.82, 2.24) is 9.55 Å². The smallest absolute Gasteiger partial charge is 0.132 e. The van der Waals surface area contributed by atoms with E-state index in [1.165, 1.54) is 83.5 Å². The van der Waals surface area contributed by atoms with Crippen LogP contribution in [0.3, 0.4) is 0 Å². The Balaban J connectivity index is 1.86. The largest absolute Gasteiger partial charge is 0.395 e. The van der Waals surface area contributed by atoms with Crippen LogP contribution in [0.5, 0.6) is 0 Å². The van der Waals surface area contributed by atoms with Gasteiger partial charge in [0.1, 0.15) is 5.82 Å². The molecule has 1 N–H and O–H groups in total. The van der Waals surface area contributed by atoms with Crippen LogP contribution < -0.4 is 0 Å². The number of allylic oxidation sites excluding steroid dienone is 1. The van der Waals surface area contributed by atoms with Crippen LogP contribution in [-0.4, -0.2) is 21.3 Å². The third-order valence-electron chi connectivity index (χ3n) is 4.83. The molecule has 25 heavy (non-hydrogen) atoms. The Morgan fingerprint density at radius 3 is 2.00 bits per heavy atom. The van der Waals surface area contributed by atoms with Gasteiger partial charge in [-0.15, -0.1) is 0 Å². The zero-order valence-electron chi connectivity index (χ0n) is 16.5. The Hall–Kier alpha value is -1.09. The summed E-state index contributed by atoms with van der Waals surface area (Å²) in [6.07, 6.45) is 27.4. The van der Waals surface area contributed by atoms with Crippen LogP contribution in [-0.2, 0) is 6.54 Å². The van der Waals surface area contributed by atoms with E-state index in [1.54, 1.807) is 6.20 Å². The van der Waals surface area contributed by atoms with E-state index in [2.05, 4.69) is 24.1 Å². The number of hydrogen-bond donors (Lipinski definition) is 1. The first-order valence-corrected chi connectivity index (χ1v) is 10.7. The van der Waals surface area contributed by atoms with Crippen LogP contribution in [0.15, 0.2) is 18.5 Å². The molecule has 0 saturated carbocycles. The zero-order chi connectivity index (χ0) is 18.0. The first-order chi connectivity index (χ1) is 12.4. The highest BCUT2D eigenvalue weighted by molar-refractivity contribution is 5.40. The molecule has 0 unspecified atom stereocenters. The summed E-state index contributed by atoms with van der Waals surface area (Å²) in [6, 6.07) is 0. The van der Waals surface area contributed by atoms with Crippen molar-refractivity contribution in [3.8, 4) is 0 Å². The molecule has 0 aliphatic heterocycles. The van der Waals surface area contributed by atoms with Crippen LogP contribution >= 0.6 is 0 Å². The van der Waals surface area contributed by atoms with Gasteiger partial charge < -0.3 is 9.67 Å². The average molecular weight is 349 g/mol. The van der Waals surface area contributed by atoms with Crippen molar-refractivity contribution in [3.05, 3.63) is 24.3 Å². The van der Waals surface area contributed by atoms with Gasteiger partial charge in [0.25, 0.3) is 0 Å². The van der Waals surface area contributed by atoms with Crippen molar-refractivity contribution in [2.24, 2.45) is 0 Å². The van der Waals surface area contributed by atoms with Gasteiger partial charge in [-0.25, -0.2) is 4.98 Å². The maximum absolute atomic E-state index is 8.99. The Bertz CT molecular complexity index is 425. The summed E-state index contributed by atoms with van der Waals surface area (Å²) in [4.78, 5) is 4.30. The minimum atomic E-state index is 0.163. The molecule has 144 valence electrons. The molecular weight excluding hydrogens is 308 g/mol. The Morgan fingerprint density at radius 2 is 1.44 bits per heavy atom. The molecule has 0 radical (unpaired) electrons. The Kier molecular flexibility index (Phi) is 14.4. The monoisotopic (exact) mass is 348 g/mol. The van der Waals surface area contributed by atoms with Gasteiger partial charge in [-0.1, -0.05) is 90.0 Å². The first-order valence-electron chi connectivity index (χ1n) is 10.7. The van der Waals surface area contributed by atoms with Crippen molar-refractivity contribution >= 4 is 6.08 Å². The van der Waals surface area contributed by atoms with E-state index < -0.39 is 0 Å². The summed E-state index contributed by atoms with van der Waals surface area (Å²) in [5.74, 6) is 0.948. The molecule has 0 saturated heterocycles. The van der Waals surface area contributed by atoms with Gasteiger partial charge >= 0.3 is 0 Å². The number of aliphatic hydroxyl groups is 1. The van der Waals surface area contributed by atoms with Gasteiger partial charge in [0.15, 0.2) is 0 Å². The van der Waals surface area contributed by atoms with E-state index in [-0.39, 0.29) is 6.61 Å². The maximum Gasteiger partial charge on any atom is 0.132 e. The predicted octanol–water partition coefficient (Wildman–Crippen LogP) is 6.37. The number of imidazole rings is 1. The van der Waals surface area contributed by atoms with E-state index in [1.807, 2.05) is 10.8 Å². The molecule has 1 aromatic rings. The molecule has 0 aliphatic rings. The second-order valence-corrected chi connectivity index (χ2v) is 7.14. The molecule has 0 aliphatic carbocycles. The van der Waals surface area contributed by atoms with Gasteiger partial charge in [0, 0.05) is 18.9 Å². The third kappa shape index (κ3) is 12.0. The lowest BCUT2D eigenvalue weighted by Crippen LogP contribution is -2.02. The highest BCUT2D eigenvalue weighted by atomic mass is 16.3. The first kappa shape index (κ1) is 22.0. The molecule has 3 nitrogen and oxygen atoms in total. The van der Waals surface area contributed by atoms with Crippen molar-refractivity contribution < 1.29 is 5.11 Å². The SMILES string of the molecule is CCCCCCCCCCCCCCCC=Cc1nccn1CCO. The normalized spacial score (nSPS) is 11.6. The van der Waals surface area contributed by atoms with Crippen molar-refractivity contribution in [2.45, 2.75) is 103 Å². The Labute approximate surface area is 155 Å². The molecule has 3 heteroatoms. The summed E-state index contributed by atoms with van der Waals surface area (Å²) < 4.78 is 1.99. The van der Waals surface area contributed by atoms with Gasteiger partial charge in [-0.2, -0.15) is 0 Å². The Morgan fingerprint density at radius 1 is 0.880 bits per heavy atom. The second kappa shape index (κ2) is 16.4. The third-order valence-corrected chi connectivity index (χ3v) is 4.83. The van der Waals surface area contributed by atoms with Gasteiger partial charge in [-0.05, 0) is 18.9 Å². The number of aromatic nitrogens is 2. The molecule has 1 rings (SSSR count). The van der Waals surface area contributed by atoms with E-state index in [9.17, 15) is 0 Å². The fraction of sp³-hybridized carbons (Fsp3) is 0.773. The number of rotatable bonds is 17. The fourth-order valence-electron chi connectivity index (χ4n) is 3.24. The topological polar surface area (TPSA) is 38.0 Å². The standard InChI is InChI=1S/C22H40N2O/c1-2-3-4-5-6-7-8-9-10-11-12-13-14-15-16-17-22-23-18-19-24(22)20-21-25/h16-19,25H,2-15,20-21H2,1H3. The van der Waals surface area contributed by atoms with Crippen molar-refractivity contribution in [3.63, 3.8) is 0 Å². The number of aliphatic hydroxyl groups excluding tert-OH is 1. The van der Waals surface area contributed by atoms with E-state index in [0.717, 1.165) is 12.2 Å². The summed E-state index contributed by atoms with van der Waals surface area (Å²) in [5.41, 5.74) is 0. The van der Waals surface area contributed by atoms with Crippen molar-refractivity contribution in [1.29, 1.82) is 0 Å². The molecular formula is C22H40N2O. The molecule has 0 amide bonds. The van der Waals surface area contributed by atoms with Crippen LogP contribution in [0.25, 0.3) is 6.08 Å². The minimum Gasteiger partial charge on any atom is -0.395 e. The molecule has 1 heterocycles. The van der Waals surface area contributed by atoms with Crippen LogP contribution in [0.4, 0.5) is 0 Å². The van der Waals surface area contributed by atoms with E-state index in [0.29, 0.717) is 6.54 Å². The molecule has 1 aromatic heterocycles. The molecule has 0 bridgehead atoms. The second-order valence-electron chi connectivity index (χ2n) is 7.14. The van der Waals surface area contributed by atoms with Gasteiger partial charge in [-0.3, -0.25) is 0 Å². The average Bonchev–Trinajstić information content (AvgIpc) is 3.06. The van der Waals surface area contributed by atoms with Crippen LogP contribution in [0, 0.1) is 0 Å². The van der Waals surface area contributed by atoms with E-state index >= 15 is 0 Å². The predicted molar refractivity (Wildman–Crippen MR) is 109 cm³/mol. The summed E-state index contributed by atoms with van der Waals surface area (Å²) >= 11 is 0. The number of hydrogen-bond acceptors (Lipinski definition) is 2. The van der Waals surface area contributed by atoms with Gasteiger partial charge in [0.05, 0.1) is 6.61 Å². The van der Waals surface area contributed by atoms with Crippen LogP contribution in [0.2, 0.25) is 0 Å². The molecule has 0 atom stereocenters. The fourth-order valence-corrected chi connectivity index (χ4v) is 3.24. The minimum absolute atomic E-state index is 0.163. The lowest BCUT2D eigenvalue weighted by molar-refractivity contribution is 0.275. The van der Waals surface area contributed by atoms with E-state index in [4.69, 9.17) is 5.11 Å². The maximum atomic E-state index is 8.99. The highest BCUT2D eigenvalue weighted by Gasteiger charge is 1.97. The van der Waals surface area contributed by atoms with Gasteiger partial charge in [0.2, 0.25) is 0 Å². The molecule has 0 aromatic carbocycles. The highest BCUT2D eigenvalue weighted by Crippen LogP contribution is 2.13. The lowest BCUT2D eigenvalue weighted by Gasteiger charge is -2.03. The number of nitrogens with zero attached hydrogens (tertiary/aromatic N) is 2. The van der Waals surface area contributed by atoms with Crippen molar-refractivity contribution in [2.75, 3.05) is 6.61 Å². The summed E-state index contributed by atoms with van der Waals surface area (Å²) in [5, 5.41) is 8.99. The summed E-state index contributed by atoms with van der Waals surface area (Å²) in [7, 11) is 0. The lowest BCUT2D eigenvalue weighted by atomic mass is 10.0. The summed E-state index contributed by atoms with van der Waals surface area (Å²) in [6.45, 7) is 3.07. The zero-order valence-corrected chi connectivity index (χ0v) is 16.5. The number of unbranched alkanes of at least 4 members (excludes halogenated alkanes) is 13. The quantitative estimate of drug-likeness (QED) is 0.332. The van der Waals surface area contributed by atoms with Crippen LogP contribution in [0.1, 0.15) is 103 Å².